The van der Waals surface area contributed by atoms with Crippen LogP contribution in [-0.2, 0) is 16.1 Å². The van der Waals surface area contributed by atoms with Crippen LogP contribution in [0.2, 0.25) is 0 Å². The third-order valence-corrected chi connectivity index (χ3v) is 6.72. The summed E-state index contributed by atoms with van der Waals surface area (Å²) in [6, 6.07) is 26.3. The second kappa shape index (κ2) is 9.46. The first kappa shape index (κ1) is 23.0. The quantitative estimate of drug-likeness (QED) is 0.440. The van der Waals surface area contributed by atoms with Gasteiger partial charge < -0.3 is 14.8 Å². The molecule has 178 valence electrons. The molecule has 3 aromatic rings. The summed E-state index contributed by atoms with van der Waals surface area (Å²) in [7, 11) is 1.67. The second-order valence-electron chi connectivity index (χ2n) is 10.0. The van der Waals surface area contributed by atoms with Crippen molar-refractivity contribution in [2.24, 2.45) is 5.41 Å². The fourth-order valence-electron chi connectivity index (χ4n) is 4.96. The van der Waals surface area contributed by atoms with E-state index in [0.29, 0.717) is 13.0 Å². The predicted octanol–water partition coefficient (Wildman–Crippen LogP) is 6.70. The molecule has 1 unspecified atom stereocenters. The van der Waals surface area contributed by atoms with Gasteiger partial charge in [-0.25, -0.2) is 0 Å². The standard InChI is InChI=1S/C31H31NO3/c1-31(2)18-26(32-20-21-13-15-24(34-3)16-14-21)29(27(33)19-31)30-25-12-8-7-11-23(25)17-28(35-30)22-9-5-4-6-10-22/h4-17,30,32H,18-20H2,1-3H3. The second-order valence-corrected chi connectivity index (χ2v) is 10.0. The molecule has 5 rings (SSSR count). The maximum absolute atomic E-state index is 13.7. The number of carbonyl (C=O) groups is 1. The molecule has 0 amide bonds. The van der Waals surface area contributed by atoms with Gasteiger partial charge in [0.05, 0.1) is 12.7 Å². The Bertz CT molecular complexity index is 1290. The van der Waals surface area contributed by atoms with Crippen molar-refractivity contribution in [1.29, 1.82) is 0 Å². The number of fused-ring (bicyclic) bond motifs is 1. The molecule has 35 heavy (non-hydrogen) atoms. The Labute approximate surface area is 207 Å². The molecule has 2 aliphatic rings. The van der Waals surface area contributed by atoms with Crippen LogP contribution >= 0.6 is 0 Å². The Balaban J connectivity index is 1.54. The van der Waals surface area contributed by atoms with Crippen LogP contribution in [-0.4, -0.2) is 12.9 Å². The Hall–Kier alpha value is -3.79. The summed E-state index contributed by atoms with van der Waals surface area (Å²) in [4.78, 5) is 13.7. The van der Waals surface area contributed by atoms with Gasteiger partial charge in [-0.3, -0.25) is 4.79 Å². The number of ether oxygens (including phenoxy) is 2. The largest absolute Gasteiger partial charge is 0.497 e. The highest BCUT2D eigenvalue weighted by Crippen LogP contribution is 2.45. The van der Waals surface area contributed by atoms with Crippen molar-refractivity contribution in [3.8, 4) is 5.75 Å². The first-order valence-corrected chi connectivity index (χ1v) is 12.1. The van der Waals surface area contributed by atoms with E-state index >= 15 is 0 Å². The highest BCUT2D eigenvalue weighted by atomic mass is 16.5. The van der Waals surface area contributed by atoms with Crippen molar-refractivity contribution in [3.05, 3.63) is 112 Å². The van der Waals surface area contributed by atoms with E-state index < -0.39 is 6.10 Å². The first-order chi connectivity index (χ1) is 16.9. The van der Waals surface area contributed by atoms with E-state index in [1.54, 1.807) is 7.11 Å². The van der Waals surface area contributed by atoms with Gasteiger partial charge in [0.15, 0.2) is 11.9 Å². The topological polar surface area (TPSA) is 47.6 Å². The van der Waals surface area contributed by atoms with E-state index in [2.05, 4.69) is 37.4 Å². The zero-order valence-electron chi connectivity index (χ0n) is 20.5. The van der Waals surface area contributed by atoms with Crippen LogP contribution in [0.1, 0.15) is 55.0 Å². The van der Waals surface area contributed by atoms with E-state index in [4.69, 9.17) is 9.47 Å². The third kappa shape index (κ3) is 4.88. The maximum atomic E-state index is 13.7. The van der Waals surface area contributed by atoms with Gasteiger partial charge in [-0.2, -0.15) is 0 Å². The molecule has 0 spiro atoms. The third-order valence-electron chi connectivity index (χ3n) is 6.72. The number of methoxy groups -OCH3 is 1. The van der Waals surface area contributed by atoms with Gasteiger partial charge in [-0.15, -0.1) is 0 Å². The molecule has 1 N–H and O–H groups in total. The summed E-state index contributed by atoms with van der Waals surface area (Å²) >= 11 is 0. The molecule has 0 bridgehead atoms. The lowest BCUT2D eigenvalue weighted by molar-refractivity contribution is -0.119. The minimum Gasteiger partial charge on any atom is -0.497 e. The zero-order valence-corrected chi connectivity index (χ0v) is 20.5. The van der Waals surface area contributed by atoms with Crippen molar-refractivity contribution < 1.29 is 14.3 Å². The summed E-state index contributed by atoms with van der Waals surface area (Å²) < 4.78 is 11.9. The zero-order chi connectivity index (χ0) is 24.4. The van der Waals surface area contributed by atoms with Crippen LogP contribution in [0.25, 0.3) is 11.8 Å². The molecular weight excluding hydrogens is 434 g/mol. The lowest BCUT2D eigenvalue weighted by atomic mass is 9.73. The van der Waals surface area contributed by atoms with Crippen LogP contribution in [0.3, 0.4) is 0 Å². The van der Waals surface area contributed by atoms with Gasteiger partial charge in [0.25, 0.3) is 0 Å². The molecule has 0 fully saturated rings. The predicted molar refractivity (Wildman–Crippen MR) is 139 cm³/mol. The van der Waals surface area contributed by atoms with E-state index in [1.165, 1.54) is 0 Å². The van der Waals surface area contributed by atoms with Gasteiger partial charge in [-0.1, -0.05) is 80.6 Å². The van der Waals surface area contributed by atoms with E-state index in [-0.39, 0.29) is 11.2 Å². The number of hydrogen-bond acceptors (Lipinski definition) is 4. The van der Waals surface area contributed by atoms with Gasteiger partial charge in [-0.05, 0) is 41.2 Å². The number of Topliss-reactive ketones (excluding diaryl/α,β-unsaturated/α-hetero) is 1. The van der Waals surface area contributed by atoms with Crippen LogP contribution in [0.15, 0.2) is 90.1 Å². The van der Waals surface area contributed by atoms with Gasteiger partial charge in [0, 0.05) is 29.8 Å². The van der Waals surface area contributed by atoms with E-state index in [1.807, 2.05) is 66.7 Å². The Morgan fingerprint density at radius 1 is 0.943 bits per heavy atom. The monoisotopic (exact) mass is 465 g/mol. The van der Waals surface area contributed by atoms with Crippen LogP contribution in [0.4, 0.5) is 0 Å². The number of ketones is 1. The lowest BCUT2D eigenvalue weighted by Gasteiger charge is -2.37. The highest BCUT2D eigenvalue weighted by Gasteiger charge is 2.39. The Kier molecular flexibility index (Phi) is 6.21. The number of benzene rings is 3. The smallest absolute Gasteiger partial charge is 0.165 e. The minimum atomic E-state index is -0.451. The lowest BCUT2D eigenvalue weighted by Crippen LogP contribution is -2.34. The fraction of sp³-hybridized carbons (Fsp3) is 0.258. The number of carbonyl (C=O) groups excluding carboxylic acids is 1. The van der Waals surface area contributed by atoms with Crippen molar-refractivity contribution in [3.63, 3.8) is 0 Å². The number of rotatable bonds is 6. The maximum Gasteiger partial charge on any atom is 0.165 e. The molecule has 0 saturated carbocycles. The molecule has 4 nitrogen and oxygen atoms in total. The minimum absolute atomic E-state index is 0.116. The average molecular weight is 466 g/mol. The number of allylic oxidation sites excluding steroid dienone is 1. The van der Waals surface area contributed by atoms with Gasteiger partial charge >= 0.3 is 0 Å². The molecule has 1 atom stereocenters. The molecule has 0 saturated heterocycles. The summed E-state index contributed by atoms with van der Waals surface area (Å²) in [6.45, 7) is 4.94. The number of nitrogens with one attached hydrogen (secondary N) is 1. The molecular formula is C31H31NO3. The molecule has 0 aromatic heterocycles. The Morgan fingerprint density at radius 2 is 1.66 bits per heavy atom. The van der Waals surface area contributed by atoms with E-state index in [0.717, 1.165) is 51.5 Å². The van der Waals surface area contributed by atoms with Gasteiger partial charge in [0.1, 0.15) is 11.5 Å². The van der Waals surface area contributed by atoms with Crippen LogP contribution in [0.5, 0.6) is 5.75 Å². The summed E-state index contributed by atoms with van der Waals surface area (Å²) in [5, 5.41) is 3.61. The molecule has 4 heteroatoms. The van der Waals surface area contributed by atoms with Crippen molar-refractivity contribution in [2.45, 2.75) is 39.3 Å². The highest BCUT2D eigenvalue weighted by molar-refractivity contribution is 5.99. The van der Waals surface area contributed by atoms with Crippen LogP contribution in [0, 0.1) is 5.41 Å². The normalized spacial score (nSPS) is 18.9. The molecule has 1 aliphatic heterocycles. The summed E-state index contributed by atoms with van der Waals surface area (Å²) in [6.07, 6.45) is 2.91. The van der Waals surface area contributed by atoms with Crippen LogP contribution < -0.4 is 10.1 Å². The summed E-state index contributed by atoms with van der Waals surface area (Å²) in [5.41, 5.74) is 5.84. The average Bonchev–Trinajstić information content (AvgIpc) is 2.87. The SMILES string of the molecule is COc1ccc(CNC2=C(C3OC(c4ccccc4)=Cc4ccccc43)C(=O)CC(C)(C)C2)cc1. The van der Waals surface area contributed by atoms with Crippen molar-refractivity contribution in [1.82, 2.24) is 5.32 Å². The first-order valence-electron chi connectivity index (χ1n) is 12.1. The van der Waals surface area contributed by atoms with Crippen molar-refractivity contribution in [2.75, 3.05) is 7.11 Å². The van der Waals surface area contributed by atoms with Crippen molar-refractivity contribution >= 4 is 17.6 Å². The fourth-order valence-corrected chi connectivity index (χ4v) is 4.96. The molecule has 3 aromatic carbocycles. The van der Waals surface area contributed by atoms with E-state index in [9.17, 15) is 4.79 Å². The molecule has 0 radical (unpaired) electrons. The van der Waals surface area contributed by atoms with Gasteiger partial charge in [0.2, 0.25) is 0 Å². The molecule has 1 heterocycles. The summed E-state index contributed by atoms with van der Waals surface area (Å²) in [5.74, 6) is 1.76. The molecule has 1 aliphatic carbocycles. The Morgan fingerprint density at radius 3 is 2.40 bits per heavy atom. The number of hydrogen-bond donors (Lipinski definition) is 1.